The van der Waals surface area contributed by atoms with Crippen LogP contribution in [0, 0.1) is 56.2 Å². The predicted octanol–water partition coefficient (Wildman–Crippen LogP) is 10.1. The van der Waals surface area contributed by atoms with E-state index in [0.29, 0.717) is 28.2 Å². The number of aryl methyl sites for hydroxylation is 4. The first-order chi connectivity index (χ1) is 31.7. The standard InChI is InChI=1S/C18H20O5S.C17H14FNO3.C17H15NO3/c1-4-24(21,22)14-6-7-15(13(3)10-14)16-9-12(2)5-8-17(16)23-11-18(19)20;1-10-3-6-16(22-11(2)17(20)21)14(7-10)13-8-12(9-19)4-5-15(13)18;1-11-6-7-16(21-12(2)17(19)20)15(8-11)14-5-3-4-13(9-14)10-18/h5-10H,4,11H2,1-3H3,(H,19,20);3-8,11H,1-2H3,(H,20,21);3-9,12H,1-2H3,(H,19,20)/t;11-;12-/m.00/s1. The summed E-state index contributed by atoms with van der Waals surface area (Å²) in [4.78, 5) is 32.9. The van der Waals surface area contributed by atoms with E-state index in [9.17, 15) is 27.2 Å². The summed E-state index contributed by atoms with van der Waals surface area (Å²) in [5.41, 5.74) is 8.33. The fourth-order valence-corrected chi connectivity index (χ4v) is 7.35. The summed E-state index contributed by atoms with van der Waals surface area (Å²) in [6, 6.07) is 36.2. The Balaban J connectivity index is 0.000000220. The van der Waals surface area contributed by atoms with Gasteiger partial charge in [-0.15, -0.1) is 0 Å². The zero-order valence-electron chi connectivity index (χ0n) is 37.8. The third kappa shape index (κ3) is 14.2. The minimum Gasteiger partial charge on any atom is -0.481 e. The van der Waals surface area contributed by atoms with Crippen molar-refractivity contribution in [3.05, 3.63) is 154 Å². The number of carboxylic acids is 3. The number of sulfone groups is 1. The smallest absolute Gasteiger partial charge is 0.344 e. The van der Waals surface area contributed by atoms with Gasteiger partial charge in [0.2, 0.25) is 0 Å². The summed E-state index contributed by atoms with van der Waals surface area (Å²) in [5.74, 6) is -2.44. The quantitative estimate of drug-likeness (QED) is 0.0926. The molecule has 0 aromatic heterocycles. The number of carboxylic acid groups (broad SMARTS) is 3. The van der Waals surface area contributed by atoms with E-state index in [-0.39, 0.29) is 22.0 Å². The monoisotopic (exact) mass is 928 g/mol. The van der Waals surface area contributed by atoms with Gasteiger partial charge in [-0.25, -0.2) is 27.2 Å². The lowest BCUT2D eigenvalue weighted by Crippen LogP contribution is -2.23. The average molecular weight is 929 g/mol. The second-order valence-corrected chi connectivity index (χ2v) is 17.5. The number of hydrogen-bond donors (Lipinski definition) is 3. The van der Waals surface area contributed by atoms with Crippen LogP contribution < -0.4 is 14.2 Å². The van der Waals surface area contributed by atoms with Crippen molar-refractivity contribution in [2.24, 2.45) is 0 Å². The van der Waals surface area contributed by atoms with E-state index in [1.54, 1.807) is 73.7 Å². The van der Waals surface area contributed by atoms with Crippen molar-refractivity contribution in [3.63, 3.8) is 0 Å². The van der Waals surface area contributed by atoms with Crippen LogP contribution in [0.2, 0.25) is 0 Å². The molecule has 0 saturated heterocycles. The largest absolute Gasteiger partial charge is 0.481 e. The van der Waals surface area contributed by atoms with Gasteiger partial charge >= 0.3 is 17.9 Å². The predicted molar refractivity (Wildman–Crippen MR) is 250 cm³/mol. The van der Waals surface area contributed by atoms with Gasteiger partial charge in [0.05, 0.1) is 33.9 Å². The topological polar surface area (TPSA) is 221 Å². The molecule has 0 fully saturated rings. The molecule has 0 heterocycles. The summed E-state index contributed by atoms with van der Waals surface area (Å²) in [7, 11) is -3.27. The second kappa shape index (κ2) is 23.3. The minimum absolute atomic E-state index is 0.0448. The lowest BCUT2D eigenvalue weighted by Gasteiger charge is -2.16. The molecular weight excluding hydrogens is 880 g/mol. The number of benzene rings is 6. The fraction of sp³-hybridized carbons (Fsp3) is 0.212. The van der Waals surface area contributed by atoms with Gasteiger partial charge < -0.3 is 29.5 Å². The first kappa shape index (κ1) is 51.6. The van der Waals surface area contributed by atoms with E-state index in [1.807, 2.05) is 64.1 Å². The minimum atomic E-state index is -3.27. The normalized spacial score (nSPS) is 11.4. The van der Waals surface area contributed by atoms with Gasteiger partial charge in [-0.3, -0.25) is 0 Å². The third-order valence-electron chi connectivity index (χ3n) is 9.97. The SMILES string of the molecule is CCS(=O)(=O)c1ccc(-c2cc(C)ccc2OCC(=O)O)c(C)c1.Cc1ccc(O[C@@H](C)C(=O)O)c(-c2cc(C#N)ccc2F)c1.Cc1ccc(O[C@@H](C)C(=O)O)c(-c2cccc(C#N)c2)c1. The Hall–Kier alpha value is -8.01. The third-order valence-corrected chi connectivity index (χ3v) is 11.7. The molecular formula is C52H49FN2O11S. The summed E-state index contributed by atoms with van der Waals surface area (Å²) in [6.45, 7) is 11.6. The van der Waals surface area contributed by atoms with Crippen molar-refractivity contribution in [3.8, 4) is 62.8 Å². The Labute approximate surface area is 388 Å². The molecule has 6 aromatic rings. The Kier molecular flexibility index (Phi) is 17.9. The number of halogens is 1. The highest BCUT2D eigenvalue weighted by Crippen LogP contribution is 2.36. The molecule has 0 aliphatic heterocycles. The summed E-state index contributed by atoms with van der Waals surface area (Å²) in [5, 5.41) is 44.7. The molecule has 6 aromatic carbocycles. The zero-order valence-corrected chi connectivity index (χ0v) is 38.6. The lowest BCUT2D eigenvalue weighted by atomic mass is 9.98. The van der Waals surface area contributed by atoms with Crippen molar-refractivity contribution in [1.29, 1.82) is 10.5 Å². The highest BCUT2D eigenvalue weighted by Gasteiger charge is 2.20. The van der Waals surface area contributed by atoms with E-state index in [2.05, 4.69) is 6.07 Å². The molecule has 13 nitrogen and oxygen atoms in total. The molecule has 3 N–H and O–H groups in total. The highest BCUT2D eigenvalue weighted by molar-refractivity contribution is 7.91. The van der Waals surface area contributed by atoms with Gasteiger partial charge in [0, 0.05) is 22.3 Å². The number of nitrogens with zero attached hydrogens (tertiary/aromatic N) is 2. The molecule has 0 bridgehead atoms. The first-order valence-electron chi connectivity index (χ1n) is 20.7. The molecule has 15 heteroatoms. The fourth-order valence-electron chi connectivity index (χ4n) is 6.39. The molecule has 0 aliphatic rings. The van der Waals surface area contributed by atoms with Crippen LogP contribution >= 0.6 is 0 Å². The molecule has 0 saturated carbocycles. The van der Waals surface area contributed by atoms with E-state index in [0.717, 1.165) is 44.5 Å². The maximum absolute atomic E-state index is 14.1. The molecule has 0 amide bonds. The summed E-state index contributed by atoms with van der Waals surface area (Å²) < 4.78 is 54.4. The van der Waals surface area contributed by atoms with Crippen LogP contribution in [0.4, 0.5) is 4.39 Å². The number of rotatable bonds is 14. The number of aliphatic carboxylic acids is 3. The van der Waals surface area contributed by atoms with Crippen LogP contribution in [0.15, 0.2) is 120 Å². The average Bonchev–Trinajstić information content (AvgIpc) is 3.30. The van der Waals surface area contributed by atoms with Gasteiger partial charge in [0.25, 0.3) is 0 Å². The van der Waals surface area contributed by atoms with Crippen LogP contribution in [0.3, 0.4) is 0 Å². The van der Waals surface area contributed by atoms with Crippen molar-refractivity contribution in [2.45, 2.75) is 65.6 Å². The van der Waals surface area contributed by atoms with Gasteiger partial charge in [-0.1, -0.05) is 60.0 Å². The highest BCUT2D eigenvalue weighted by atomic mass is 32.2. The van der Waals surface area contributed by atoms with Crippen molar-refractivity contribution >= 4 is 27.7 Å². The lowest BCUT2D eigenvalue weighted by molar-refractivity contribution is -0.145. The van der Waals surface area contributed by atoms with Crippen LogP contribution in [0.1, 0.15) is 54.2 Å². The van der Waals surface area contributed by atoms with Crippen molar-refractivity contribution < 1.29 is 56.7 Å². The maximum atomic E-state index is 14.1. The maximum Gasteiger partial charge on any atom is 0.344 e. The van der Waals surface area contributed by atoms with Crippen LogP contribution in [-0.2, 0) is 24.2 Å². The van der Waals surface area contributed by atoms with Crippen molar-refractivity contribution in [2.75, 3.05) is 12.4 Å². The molecule has 0 aliphatic carbocycles. The van der Waals surface area contributed by atoms with Gasteiger partial charge in [-0.2, -0.15) is 10.5 Å². The number of hydrogen-bond acceptors (Lipinski definition) is 10. The molecule has 6 rings (SSSR count). The number of carbonyl (C=O) groups is 3. The second-order valence-electron chi connectivity index (χ2n) is 15.3. The Morgan fingerprint density at radius 3 is 1.63 bits per heavy atom. The molecule has 2 atom stereocenters. The van der Waals surface area contributed by atoms with E-state index >= 15 is 0 Å². The van der Waals surface area contributed by atoms with Gasteiger partial charge in [-0.05, 0) is 137 Å². The summed E-state index contributed by atoms with van der Waals surface area (Å²) in [6.07, 6.45) is -2.01. The summed E-state index contributed by atoms with van der Waals surface area (Å²) >= 11 is 0. The van der Waals surface area contributed by atoms with E-state index in [1.165, 1.54) is 32.0 Å². The van der Waals surface area contributed by atoms with Gasteiger partial charge in [0.15, 0.2) is 28.7 Å². The molecule has 346 valence electrons. The van der Waals surface area contributed by atoms with Crippen LogP contribution in [0.5, 0.6) is 17.2 Å². The Morgan fingerprint density at radius 2 is 1.12 bits per heavy atom. The van der Waals surface area contributed by atoms with Crippen molar-refractivity contribution in [1.82, 2.24) is 0 Å². The number of nitriles is 2. The zero-order chi connectivity index (χ0) is 49.6. The van der Waals surface area contributed by atoms with Gasteiger partial charge in [0.1, 0.15) is 23.1 Å². The molecule has 0 radical (unpaired) electrons. The first-order valence-corrected chi connectivity index (χ1v) is 22.3. The Bertz CT molecular complexity index is 2990. The van der Waals surface area contributed by atoms with Crippen LogP contribution in [-0.4, -0.2) is 66.2 Å². The molecule has 0 spiro atoms. The van der Waals surface area contributed by atoms with E-state index < -0.39 is 52.4 Å². The van der Waals surface area contributed by atoms with E-state index in [4.69, 9.17) is 40.1 Å². The van der Waals surface area contributed by atoms with Crippen LogP contribution in [0.25, 0.3) is 33.4 Å². The molecule has 67 heavy (non-hydrogen) atoms. The Morgan fingerprint density at radius 1 is 0.612 bits per heavy atom. The number of ether oxygens (including phenoxy) is 3. The molecule has 0 unspecified atom stereocenters.